The second-order valence-corrected chi connectivity index (χ2v) is 23.2. The van der Waals surface area contributed by atoms with Gasteiger partial charge in [0.05, 0.1) is 25.4 Å². The van der Waals surface area contributed by atoms with Crippen molar-refractivity contribution in [3.8, 4) is 0 Å². The zero-order chi connectivity index (χ0) is 53.6. The third kappa shape index (κ3) is 59.6. The Bertz CT molecular complexity index is 1150. The average Bonchev–Trinajstić information content (AvgIpc) is 3.40. The predicted octanol–water partition coefficient (Wildman–Crippen LogP) is 21.4. The Morgan fingerprint density at radius 1 is 0.378 bits per heavy atom. The van der Waals surface area contributed by atoms with Crippen LogP contribution in [0, 0.1) is 0 Å². The van der Waals surface area contributed by atoms with E-state index in [4.69, 9.17) is 4.74 Å². The van der Waals surface area contributed by atoms with Gasteiger partial charge in [0, 0.05) is 12.8 Å². The number of carbonyl (C=O) groups excluding carboxylic acids is 2. The largest absolute Gasteiger partial charge is 0.466 e. The molecule has 1 amide bonds. The molecule has 0 aromatic heterocycles. The molecule has 0 aliphatic carbocycles. The van der Waals surface area contributed by atoms with Gasteiger partial charge in [-0.2, -0.15) is 0 Å². The number of hydrogen-bond acceptors (Lipinski definition) is 5. The highest BCUT2D eigenvalue weighted by molar-refractivity contribution is 5.76. The SMILES string of the molecule is CCCCCC/C=C\C/C=C\CCCCCCCCCC(=O)OCCCCCCCCCCCCCCCCCCCCCCCCCCCC(=O)NC(CO)C(O)CCCCCCCCCCCCCCCC. The van der Waals surface area contributed by atoms with Crippen molar-refractivity contribution >= 4 is 11.9 Å². The average molecular weight is 1040 g/mol. The summed E-state index contributed by atoms with van der Waals surface area (Å²) in [5.41, 5.74) is 0. The molecule has 2 atom stereocenters. The summed E-state index contributed by atoms with van der Waals surface area (Å²) in [6, 6.07) is -0.539. The van der Waals surface area contributed by atoms with Gasteiger partial charge in [-0.25, -0.2) is 0 Å². The molecule has 0 fully saturated rings. The fraction of sp³-hybridized carbons (Fsp3) is 0.912. The number of hydrogen-bond donors (Lipinski definition) is 3. The summed E-state index contributed by atoms with van der Waals surface area (Å²) < 4.78 is 5.50. The lowest BCUT2D eigenvalue weighted by Gasteiger charge is -2.22. The molecule has 6 heteroatoms. The normalized spacial score (nSPS) is 12.6. The van der Waals surface area contributed by atoms with Crippen LogP contribution in [0.1, 0.15) is 373 Å². The molecule has 0 aliphatic rings. The lowest BCUT2D eigenvalue weighted by Crippen LogP contribution is -2.45. The zero-order valence-corrected chi connectivity index (χ0v) is 50.1. The van der Waals surface area contributed by atoms with Crippen LogP contribution in [-0.2, 0) is 14.3 Å². The summed E-state index contributed by atoms with van der Waals surface area (Å²) in [4.78, 5) is 24.6. The Kier molecular flexibility index (Phi) is 62.4. The lowest BCUT2D eigenvalue weighted by atomic mass is 10.0. The van der Waals surface area contributed by atoms with Crippen molar-refractivity contribution in [1.29, 1.82) is 0 Å². The van der Waals surface area contributed by atoms with Crippen LogP contribution in [0.25, 0.3) is 0 Å². The first-order valence-corrected chi connectivity index (χ1v) is 33.6. The monoisotopic (exact) mass is 1040 g/mol. The summed E-state index contributed by atoms with van der Waals surface area (Å²) in [6.45, 7) is 4.96. The van der Waals surface area contributed by atoms with Gasteiger partial charge in [-0.15, -0.1) is 0 Å². The van der Waals surface area contributed by atoms with E-state index < -0.39 is 12.1 Å². The molecule has 3 N–H and O–H groups in total. The van der Waals surface area contributed by atoms with Gasteiger partial charge >= 0.3 is 5.97 Å². The molecular weight excluding hydrogens is 911 g/mol. The van der Waals surface area contributed by atoms with Gasteiger partial charge in [-0.05, 0) is 57.8 Å². The quantitative estimate of drug-likeness (QED) is 0.0320. The molecule has 0 bridgehead atoms. The van der Waals surface area contributed by atoms with Gasteiger partial charge in [0.25, 0.3) is 0 Å². The lowest BCUT2D eigenvalue weighted by molar-refractivity contribution is -0.143. The molecule has 0 aromatic rings. The molecule has 0 spiro atoms. The molecule has 0 saturated carbocycles. The highest BCUT2D eigenvalue weighted by Gasteiger charge is 2.20. The van der Waals surface area contributed by atoms with Crippen LogP contribution in [0.5, 0.6) is 0 Å². The van der Waals surface area contributed by atoms with Gasteiger partial charge in [0.15, 0.2) is 0 Å². The van der Waals surface area contributed by atoms with Crippen molar-refractivity contribution in [3.05, 3.63) is 24.3 Å². The molecule has 0 aliphatic heterocycles. The summed E-state index contributed by atoms with van der Waals surface area (Å²) in [5, 5.41) is 23.3. The van der Waals surface area contributed by atoms with Crippen LogP contribution >= 0.6 is 0 Å². The Labute approximate surface area is 462 Å². The molecule has 6 nitrogen and oxygen atoms in total. The predicted molar refractivity (Wildman–Crippen MR) is 324 cm³/mol. The first kappa shape index (κ1) is 72.3. The van der Waals surface area contributed by atoms with E-state index >= 15 is 0 Å². The number of aliphatic hydroxyl groups excluding tert-OH is 2. The number of carbonyl (C=O) groups is 2. The molecule has 0 rings (SSSR count). The summed E-state index contributed by atoms with van der Waals surface area (Å²) in [6.07, 6.45) is 79.2. The van der Waals surface area contributed by atoms with Crippen molar-refractivity contribution in [2.75, 3.05) is 13.2 Å². The number of ether oxygens (including phenoxy) is 1. The van der Waals surface area contributed by atoms with Crippen LogP contribution in [0.4, 0.5) is 0 Å². The highest BCUT2D eigenvalue weighted by Crippen LogP contribution is 2.19. The van der Waals surface area contributed by atoms with Crippen molar-refractivity contribution in [2.45, 2.75) is 386 Å². The standard InChI is InChI=1S/C68H131NO5/c1-3-5-7-9-11-13-15-17-19-20-31-34-38-42-46-50-54-58-62-68(73)74-63-59-55-51-47-43-39-35-32-29-27-25-23-21-22-24-26-28-30-33-37-41-45-49-53-57-61-67(72)69-65(64-70)66(71)60-56-52-48-44-40-36-18-16-14-12-10-8-6-4-2/h13,15,19-20,65-66,70-71H,3-12,14,16-18,21-64H2,1-2H3,(H,69,72)/b15-13-,20-19-. The number of nitrogens with one attached hydrogen (secondary N) is 1. The number of allylic oxidation sites excluding steroid dienone is 4. The minimum absolute atomic E-state index is 0.00967. The third-order valence-electron chi connectivity index (χ3n) is 15.8. The van der Waals surface area contributed by atoms with E-state index in [1.807, 2.05) is 0 Å². The van der Waals surface area contributed by atoms with Crippen molar-refractivity contribution in [1.82, 2.24) is 5.32 Å². The number of unbranched alkanes of at least 4 members (excludes halogenated alkanes) is 48. The van der Waals surface area contributed by atoms with Gasteiger partial charge in [-0.1, -0.05) is 327 Å². The summed E-state index contributed by atoms with van der Waals surface area (Å²) in [5.74, 6) is -0.0215. The first-order chi connectivity index (χ1) is 36.5. The molecule has 0 saturated heterocycles. The molecular formula is C68H131NO5. The first-order valence-electron chi connectivity index (χ1n) is 33.6. The Morgan fingerprint density at radius 2 is 0.676 bits per heavy atom. The number of esters is 1. The van der Waals surface area contributed by atoms with Crippen LogP contribution in [0.3, 0.4) is 0 Å². The molecule has 0 heterocycles. The highest BCUT2D eigenvalue weighted by atomic mass is 16.5. The Morgan fingerprint density at radius 3 is 1.04 bits per heavy atom. The summed E-state index contributed by atoms with van der Waals surface area (Å²) >= 11 is 0. The van der Waals surface area contributed by atoms with E-state index in [0.717, 1.165) is 51.4 Å². The molecule has 74 heavy (non-hydrogen) atoms. The van der Waals surface area contributed by atoms with Crippen LogP contribution in [-0.4, -0.2) is 47.4 Å². The molecule has 438 valence electrons. The minimum Gasteiger partial charge on any atom is -0.466 e. The maximum absolute atomic E-state index is 12.5. The fourth-order valence-electron chi connectivity index (χ4n) is 10.6. The van der Waals surface area contributed by atoms with E-state index in [0.29, 0.717) is 25.9 Å². The van der Waals surface area contributed by atoms with E-state index in [2.05, 4.69) is 43.5 Å². The fourth-order valence-corrected chi connectivity index (χ4v) is 10.6. The van der Waals surface area contributed by atoms with E-state index in [9.17, 15) is 19.8 Å². The van der Waals surface area contributed by atoms with Crippen LogP contribution in [0.2, 0.25) is 0 Å². The third-order valence-corrected chi connectivity index (χ3v) is 15.8. The number of aliphatic hydroxyl groups is 2. The second-order valence-electron chi connectivity index (χ2n) is 23.2. The maximum atomic E-state index is 12.5. The Balaban J connectivity index is 3.34. The van der Waals surface area contributed by atoms with Gasteiger partial charge in [0.1, 0.15) is 0 Å². The van der Waals surface area contributed by atoms with E-state index in [1.165, 1.54) is 289 Å². The summed E-state index contributed by atoms with van der Waals surface area (Å²) in [7, 11) is 0. The van der Waals surface area contributed by atoms with Crippen LogP contribution in [0.15, 0.2) is 24.3 Å². The van der Waals surface area contributed by atoms with Crippen molar-refractivity contribution in [2.24, 2.45) is 0 Å². The zero-order valence-electron chi connectivity index (χ0n) is 50.1. The second kappa shape index (κ2) is 63.9. The van der Waals surface area contributed by atoms with Crippen LogP contribution < -0.4 is 5.32 Å². The molecule has 0 radical (unpaired) electrons. The smallest absolute Gasteiger partial charge is 0.305 e. The Hall–Kier alpha value is -1.66. The molecule has 0 aromatic carbocycles. The topological polar surface area (TPSA) is 95.9 Å². The van der Waals surface area contributed by atoms with Gasteiger partial charge in [-0.3, -0.25) is 9.59 Å². The van der Waals surface area contributed by atoms with E-state index in [1.54, 1.807) is 0 Å². The van der Waals surface area contributed by atoms with Gasteiger partial charge in [0.2, 0.25) is 5.91 Å². The number of amides is 1. The number of rotatable bonds is 63. The minimum atomic E-state index is -0.662. The van der Waals surface area contributed by atoms with Crippen molar-refractivity contribution in [3.63, 3.8) is 0 Å². The molecule has 2 unspecified atom stereocenters. The van der Waals surface area contributed by atoms with Gasteiger partial charge < -0.3 is 20.3 Å². The van der Waals surface area contributed by atoms with Crippen molar-refractivity contribution < 1.29 is 24.5 Å². The maximum Gasteiger partial charge on any atom is 0.305 e. The van der Waals surface area contributed by atoms with E-state index in [-0.39, 0.29) is 18.5 Å².